The van der Waals surface area contributed by atoms with Gasteiger partial charge in [-0.25, -0.2) is 13.1 Å². The van der Waals surface area contributed by atoms with Gasteiger partial charge in [0, 0.05) is 23.0 Å². The topological polar surface area (TPSA) is 67.4 Å². The molecule has 1 saturated carbocycles. The zero-order valence-corrected chi connectivity index (χ0v) is 21.8. The van der Waals surface area contributed by atoms with Crippen molar-refractivity contribution in [1.82, 2.24) is 10.0 Å². The fraction of sp³-hybridized carbons (Fsp3) is 0.333. The molecule has 3 aromatic rings. The van der Waals surface area contributed by atoms with Crippen molar-refractivity contribution in [2.45, 2.75) is 42.0 Å². The van der Waals surface area contributed by atoms with Gasteiger partial charge in [0.2, 0.25) is 10.0 Å². The summed E-state index contributed by atoms with van der Waals surface area (Å²) < 4.78 is 33.4. The van der Waals surface area contributed by atoms with Gasteiger partial charge in [0.25, 0.3) is 0 Å². The first-order valence-electron chi connectivity index (χ1n) is 11.8. The Morgan fingerprint density at radius 2 is 1.77 bits per heavy atom. The Morgan fingerprint density at radius 3 is 2.46 bits per heavy atom. The van der Waals surface area contributed by atoms with Crippen LogP contribution in [0.5, 0.6) is 5.75 Å². The Balaban J connectivity index is 0.00000289. The third-order valence-corrected chi connectivity index (χ3v) is 8.83. The van der Waals surface area contributed by atoms with Gasteiger partial charge in [0.15, 0.2) is 0 Å². The largest absolute Gasteiger partial charge is 0.492 e. The van der Waals surface area contributed by atoms with E-state index in [0.717, 1.165) is 36.6 Å². The Labute approximate surface area is 218 Å². The van der Waals surface area contributed by atoms with Crippen LogP contribution in [0.2, 0.25) is 5.02 Å². The molecule has 1 heterocycles. The van der Waals surface area contributed by atoms with E-state index in [0.29, 0.717) is 0 Å². The highest BCUT2D eigenvalue weighted by Crippen LogP contribution is 2.53. The van der Waals surface area contributed by atoms with E-state index in [1.165, 1.54) is 23.1 Å². The van der Waals surface area contributed by atoms with E-state index in [4.69, 9.17) is 16.3 Å². The Hall–Kier alpha value is -2.09. The number of benzene rings is 3. The summed E-state index contributed by atoms with van der Waals surface area (Å²) in [4.78, 5) is 0.255. The molecule has 2 aliphatic rings. The van der Waals surface area contributed by atoms with Crippen molar-refractivity contribution in [3.8, 4) is 5.75 Å². The lowest BCUT2D eigenvalue weighted by Gasteiger charge is -2.50. The maximum atomic E-state index is 12.4. The summed E-state index contributed by atoms with van der Waals surface area (Å²) in [6.07, 6.45) is 4.48. The maximum absolute atomic E-state index is 12.4. The van der Waals surface area contributed by atoms with Crippen LogP contribution < -0.4 is 14.8 Å². The highest BCUT2D eigenvalue weighted by Gasteiger charge is 2.47. The molecule has 3 aromatic carbocycles. The Morgan fingerprint density at radius 1 is 1.03 bits per heavy atom. The second-order valence-electron chi connectivity index (χ2n) is 9.07. The Bertz CT molecular complexity index is 1250. The first kappa shape index (κ1) is 26.0. The molecule has 1 aliphatic heterocycles. The number of hydrogen-bond donors (Lipinski definition) is 2. The zero-order valence-electron chi connectivity index (χ0n) is 19.4. The van der Waals surface area contributed by atoms with Crippen LogP contribution in [-0.2, 0) is 21.9 Å². The second kappa shape index (κ2) is 10.9. The molecule has 35 heavy (non-hydrogen) atoms. The van der Waals surface area contributed by atoms with Gasteiger partial charge < -0.3 is 10.1 Å². The molecule has 0 aromatic heterocycles. The van der Waals surface area contributed by atoms with Gasteiger partial charge >= 0.3 is 0 Å². The lowest BCUT2D eigenvalue weighted by molar-refractivity contribution is 0.164. The first-order chi connectivity index (χ1) is 16.5. The predicted molar refractivity (Wildman–Crippen MR) is 142 cm³/mol. The summed E-state index contributed by atoms with van der Waals surface area (Å²) in [5.74, 6) is 0.761. The molecule has 0 saturated heterocycles. The van der Waals surface area contributed by atoms with Gasteiger partial charge in [0.05, 0.1) is 4.90 Å². The molecule has 1 fully saturated rings. The van der Waals surface area contributed by atoms with Crippen LogP contribution in [0.15, 0.2) is 77.7 Å². The van der Waals surface area contributed by atoms with E-state index in [1.807, 2.05) is 18.2 Å². The molecule has 2 N–H and O–H groups in total. The van der Waals surface area contributed by atoms with Crippen LogP contribution in [0.25, 0.3) is 0 Å². The van der Waals surface area contributed by atoms with Crippen LogP contribution in [0.1, 0.15) is 42.0 Å². The Kier molecular flexibility index (Phi) is 8.09. The highest BCUT2D eigenvalue weighted by atomic mass is 35.5. The van der Waals surface area contributed by atoms with Gasteiger partial charge in [-0.2, -0.15) is 0 Å². The van der Waals surface area contributed by atoms with E-state index in [1.54, 1.807) is 30.3 Å². The molecule has 1 aliphatic carbocycles. The van der Waals surface area contributed by atoms with Crippen LogP contribution in [-0.4, -0.2) is 28.1 Å². The average Bonchev–Trinajstić information content (AvgIpc) is 2.83. The van der Waals surface area contributed by atoms with E-state index in [9.17, 15) is 8.42 Å². The van der Waals surface area contributed by atoms with E-state index in [-0.39, 0.29) is 41.9 Å². The number of rotatable bonds is 8. The molecular weight excluding hydrogens is 503 g/mol. The number of fused-ring (bicyclic) bond motifs is 1. The third-order valence-electron chi connectivity index (χ3n) is 7.11. The fourth-order valence-corrected chi connectivity index (χ4v) is 6.38. The van der Waals surface area contributed by atoms with Crippen LogP contribution in [0.4, 0.5) is 0 Å². The molecule has 5 nitrogen and oxygen atoms in total. The summed E-state index contributed by atoms with van der Waals surface area (Å²) in [6, 6.07) is 23.2. The number of hydrogen-bond acceptors (Lipinski definition) is 4. The van der Waals surface area contributed by atoms with Crippen molar-refractivity contribution >= 4 is 34.0 Å². The number of nitrogens with one attached hydrogen (secondary N) is 2. The van der Waals surface area contributed by atoms with Gasteiger partial charge in [-0.3, -0.25) is 0 Å². The number of sulfonamides is 1. The first-order valence-corrected chi connectivity index (χ1v) is 13.6. The minimum atomic E-state index is -3.54. The minimum absolute atomic E-state index is 0. The summed E-state index contributed by atoms with van der Waals surface area (Å²) in [5, 5.41) is 4.54. The van der Waals surface area contributed by atoms with Crippen LogP contribution in [0, 0.1) is 0 Å². The molecule has 0 radical (unpaired) electrons. The summed E-state index contributed by atoms with van der Waals surface area (Å²) in [6.45, 7) is 1.41. The van der Waals surface area contributed by atoms with Gasteiger partial charge in [0.1, 0.15) is 12.4 Å². The van der Waals surface area contributed by atoms with Crippen molar-refractivity contribution in [2.24, 2.45) is 0 Å². The minimum Gasteiger partial charge on any atom is -0.492 e. The molecule has 1 unspecified atom stereocenters. The predicted octanol–water partition coefficient (Wildman–Crippen LogP) is 5.43. The van der Waals surface area contributed by atoms with E-state index >= 15 is 0 Å². The fourth-order valence-electron chi connectivity index (χ4n) is 5.22. The molecule has 5 rings (SSSR count). The van der Waals surface area contributed by atoms with Crippen molar-refractivity contribution in [3.63, 3.8) is 0 Å². The molecule has 0 bridgehead atoms. The smallest absolute Gasteiger partial charge is 0.240 e. The average molecular weight is 534 g/mol. The lowest BCUT2D eigenvalue weighted by atomic mass is 9.58. The van der Waals surface area contributed by atoms with Crippen molar-refractivity contribution in [1.29, 1.82) is 0 Å². The molecule has 0 spiro atoms. The number of ether oxygens (including phenoxy) is 1. The van der Waals surface area contributed by atoms with Crippen molar-refractivity contribution < 1.29 is 13.2 Å². The standard InChI is InChI=1S/C27H29ClN2O3S.ClH/c28-22-10-8-21(9-11-22)27(14-4-15-27)26-25-19-23(12-7-20(25)13-16-29-26)33-18-17-30-34(31,32)24-5-2-1-3-6-24;/h1-3,5-12,19,26,29-30H,4,13-18H2;1H. The monoisotopic (exact) mass is 532 g/mol. The number of halogens is 2. The molecular formula is C27H30Cl2N2O3S. The molecule has 1 atom stereocenters. The third kappa shape index (κ3) is 5.37. The highest BCUT2D eigenvalue weighted by molar-refractivity contribution is 7.89. The summed E-state index contributed by atoms with van der Waals surface area (Å²) >= 11 is 6.16. The second-order valence-corrected chi connectivity index (χ2v) is 11.3. The molecule has 0 amide bonds. The maximum Gasteiger partial charge on any atom is 0.240 e. The zero-order chi connectivity index (χ0) is 23.6. The quantitative estimate of drug-likeness (QED) is 0.379. The van der Waals surface area contributed by atoms with E-state index < -0.39 is 10.0 Å². The normalized spacial score (nSPS) is 18.6. The van der Waals surface area contributed by atoms with Crippen molar-refractivity contribution in [2.75, 3.05) is 19.7 Å². The van der Waals surface area contributed by atoms with Crippen LogP contribution in [0.3, 0.4) is 0 Å². The lowest BCUT2D eigenvalue weighted by Crippen LogP contribution is -2.49. The molecule has 186 valence electrons. The van der Waals surface area contributed by atoms with Gasteiger partial charge in [-0.1, -0.05) is 54.4 Å². The summed E-state index contributed by atoms with van der Waals surface area (Å²) in [7, 11) is -3.54. The van der Waals surface area contributed by atoms with Gasteiger partial charge in [-0.05, 0) is 78.9 Å². The van der Waals surface area contributed by atoms with Gasteiger partial charge in [-0.15, -0.1) is 12.4 Å². The SMILES string of the molecule is Cl.O=S(=O)(NCCOc1ccc2c(c1)C(C1(c3ccc(Cl)cc3)CCC1)NCC2)c1ccccc1. The summed E-state index contributed by atoms with van der Waals surface area (Å²) in [5.41, 5.74) is 4.02. The van der Waals surface area contributed by atoms with Crippen LogP contribution >= 0.6 is 24.0 Å². The van der Waals surface area contributed by atoms with Crippen molar-refractivity contribution in [3.05, 3.63) is 94.5 Å². The molecule has 8 heteroatoms. The van der Waals surface area contributed by atoms with E-state index in [2.05, 4.69) is 34.3 Å².